The number of Topliss-reactive ketones (excluding diaryl/α,β-unsaturated/α-hetero) is 1. The fraction of sp³-hybridized carbons (Fsp3) is 0.455. The second kappa shape index (κ2) is 9.76. The van der Waals surface area contributed by atoms with Crippen LogP contribution in [0.2, 0.25) is 0 Å². The average molecular weight is 444 g/mol. The number of carbonyl (C=O) groups is 1. The van der Waals surface area contributed by atoms with Gasteiger partial charge in [-0.15, -0.1) is 11.3 Å². The van der Waals surface area contributed by atoms with E-state index in [0.717, 1.165) is 54.5 Å². The predicted molar refractivity (Wildman–Crippen MR) is 119 cm³/mol. The maximum atomic E-state index is 13.6. The SMILES string of the molecule is Cc1nc2nc(NC(C)c3cccc(F)c3)nc(C(=O)CCCN3CCOCC3)c2s1. The highest BCUT2D eigenvalue weighted by Gasteiger charge is 2.20. The molecular weight excluding hydrogens is 417 g/mol. The molecule has 7 nitrogen and oxygen atoms in total. The van der Waals surface area contributed by atoms with Crippen molar-refractivity contribution in [3.63, 3.8) is 0 Å². The van der Waals surface area contributed by atoms with Crippen molar-refractivity contribution in [1.29, 1.82) is 0 Å². The molecule has 3 aromatic rings. The number of aromatic nitrogens is 3. The fourth-order valence-electron chi connectivity index (χ4n) is 3.64. The van der Waals surface area contributed by atoms with E-state index in [1.165, 1.54) is 23.5 Å². The summed E-state index contributed by atoms with van der Waals surface area (Å²) < 4.78 is 19.7. The Balaban J connectivity index is 1.50. The molecule has 0 radical (unpaired) electrons. The maximum absolute atomic E-state index is 13.6. The second-order valence-corrected chi connectivity index (χ2v) is 8.89. The molecule has 0 amide bonds. The molecule has 0 aliphatic carbocycles. The van der Waals surface area contributed by atoms with Crippen LogP contribution in [-0.4, -0.2) is 58.5 Å². The fourth-order valence-corrected chi connectivity index (χ4v) is 4.51. The van der Waals surface area contributed by atoms with Gasteiger partial charge in [0, 0.05) is 19.5 Å². The number of ether oxygens (including phenoxy) is 1. The van der Waals surface area contributed by atoms with Crippen LogP contribution < -0.4 is 5.32 Å². The zero-order valence-electron chi connectivity index (χ0n) is 17.7. The smallest absolute Gasteiger partial charge is 0.225 e. The summed E-state index contributed by atoms with van der Waals surface area (Å²) >= 11 is 1.43. The van der Waals surface area contributed by atoms with E-state index >= 15 is 0 Å². The molecule has 9 heteroatoms. The number of ketones is 1. The largest absolute Gasteiger partial charge is 0.379 e. The third-order valence-corrected chi connectivity index (χ3v) is 6.27. The lowest BCUT2D eigenvalue weighted by Gasteiger charge is -2.26. The van der Waals surface area contributed by atoms with Crippen LogP contribution in [0.3, 0.4) is 0 Å². The molecular formula is C22H26FN5O2S. The molecule has 1 atom stereocenters. The number of thiazole rings is 1. The highest BCUT2D eigenvalue weighted by molar-refractivity contribution is 7.18. The number of anilines is 1. The summed E-state index contributed by atoms with van der Waals surface area (Å²) in [5, 5.41) is 4.03. The zero-order valence-corrected chi connectivity index (χ0v) is 18.5. The van der Waals surface area contributed by atoms with E-state index in [1.54, 1.807) is 6.07 Å². The van der Waals surface area contributed by atoms with Crippen LogP contribution in [0.5, 0.6) is 0 Å². The Morgan fingerprint density at radius 3 is 2.87 bits per heavy atom. The van der Waals surface area contributed by atoms with Gasteiger partial charge in [0.25, 0.3) is 0 Å². The van der Waals surface area contributed by atoms with Gasteiger partial charge in [-0.2, -0.15) is 4.98 Å². The van der Waals surface area contributed by atoms with E-state index in [-0.39, 0.29) is 17.6 Å². The Morgan fingerprint density at radius 1 is 1.29 bits per heavy atom. The van der Waals surface area contributed by atoms with Crippen molar-refractivity contribution in [3.8, 4) is 0 Å². The minimum Gasteiger partial charge on any atom is -0.379 e. The number of halogens is 1. The average Bonchev–Trinajstić information content (AvgIpc) is 3.13. The highest BCUT2D eigenvalue weighted by atomic mass is 32.1. The van der Waals surface area contributed by atoms with E-state index in [9.17, 15) is 9.18 Å². The number of benzene rings is 1. The predicted octanol–water partition coefficient (Wildman–Crippen LogP) is 4.00. The Hall–Kier alpha value is -2.49. The van der Waals surface area contributed by atoms with E-state index < -0.39 is 0 Å². The van der Waals surface area contributed by atoms with Crippen molar-refractivity contribution in [2.24, 2.45) is 0 Å². The molecule has 1 unspecified atom stereocenters. The van der Waals surface area contributed by atoms with Gasteiger partial charge in [0.2, 0.25) is 5.95 Å². The highest BCUT2D eigenvalue weighted by Crippen LogP contribution is 2.27. The van der Waals surface area contributed by atoms with Crippen LogP contribution in [0, 0.1) is 12.7 Å². The maximum Gasteiger partial charge on any atom is 0.225 e. The molecule has 1 saturated heterocycles. The van der Waals surface area contributed by atoms with Crippen LogP contribution >= 0.6 is 11.3 Å². The molecule has 164 valence electrons. The second-order valence-electron chi connectivity index (χ2n) is 7.68. The number of fused-ring (bicyclic) bond motifs is 1. The molecule has 1 fully saturated rings. The number of hydrogen-bond acceptors (Lipinski definition) is 8. The monoisotopic (exact) mass is 443 g/mol. The van der Waals surface area contributed by atoms with Gasteiger partial charge in [0.15, 0.2) is 11.4 Å². The number of aryl methyl sites for hydroxylation is 1. The van der Waals surface area contributed by atoms with Gasteiger partial charge >= 0.3 is 0 Å². The summed E-state index contributed by atoms with van der Waals surface area (Å²) in [5.74, 6) is 0.0191. The van der Waals surface area contributed by atoms with Gasteiger partial charge < -0.3 is 10.1 Å². The summed E-state index contributed by atoms with van der Waals surface area (Å²) in [5.41, 5.74) is 1.70. The molecule has 3 heterocycles. The zero-order chi connectivity index (χ0) is 21.8. The number of morpholine rings is 1. The quantitative estimate of drug-likeness (QED) is 0.527. The van der Waals surface area contributed by atoms with Gasteiger partial charge in [-0.3, -0.25) is 9.69 Å². The van der Waals surface area contributed by atoms with Crippen LogP contribution in [0.15, 0.2) is 24.3 Å². The summed E-state index contributed by atoms with van der Waals surface area (Å²) in [6.07, 6.45) is 1.18. The van der Waals surface area contributed by atoms with E-state index in [4.69, 9.17) is 4.74 Å². The lowest BCUT2D eigenvalue weighted by Crippen LogP contribution is -2.36. The molecule has 1 aliphatic heterocycles. The van der Waals surface area contributed by atoms with Crippen molar-refractivity contribution in [3.05, 3.63) is 46.3 Å². The summed E-state index contributed by atoms with van der Waals surface area (Å²) in [7, 11) is 0. The normalized spacial score (nSPS) is 15.8. The Kier molecular flexibility index (Phi) is 6.84. The van der Waals surface area contributed by atoms with Crippen molar-refractivity contribution in [2.45, 2.75) is 32.7 Å². The standard InChI is InChI=1S/C22H26FN5O2S/c1-14(16-5-3-6-17(23)13-16)24-22-26-19(20-21(27-22)25-15(2)31-20)18(29)7-4-8-28-9-11-30-12-10-28/h3,5-6,13-14H,4,7-12H2,1-2H3,(H,24,26,27). The molecule has 2 aromatic heterocycles. The number of carbonyl (C=O) groups excluding carboxylic acids is 1. The van der Waals surface area contributed by atoms with Crippen molar-refractivity contribution in [1.82, 2.24) is 19.9 Å². The Labute approximate surface area is 184 Å². The minimum atomic E-state index is -0.297. The summed E-state index contributed by atoms with van der Waals surface area (Å²) in [4.78, 5) is 28.8. The third-order valence-electron chi connectivity index (χ3n) is 5.30. The first-order chi connectivity index (χ1) is 15.0. The van der Waals surface area contributed by atoms with Gasteiger partial charge in [0.05, 0.1) is 24.3 Å². The Bertz CT molecular complexity index is 1070. The number of hydrogen-bond donors (Lipinski definition) is 1. The topological polar surface area (TPSA) is 80.2 Å². The number of rotatable bonds is 8. The van der Waals surface area contributed by atoms with Crippen LogP contribution in [0.1, 0.15) is 46.9 Å². The van der Waals surface area contributed by atoms with Crippen molar-refractivity contribution < 1.29 is 13.9 Å². The van der Waals surface area contributed by atoms with Crippen LogP contribution in [0.25, 0.3) is 10.3 Å². The molecule has 1 N–H and O–H groups in total. The molecule has 31 heavy (non-hydrogen) atoms. The van der Waals surface area contributed by atoms with Gasteiger partial charge in [0.1, 0.15) is 16.2 Å². The molecule has 1 aliphatic rings. The lowest BCUT2D eigenvalue weighted by molar-refractivity contribution is 0.0371. The number of nitrogens with zero attached hydrogens (tertiary/aromatic N) is 4. The van der Waals surface area contributed by atoms with Gasteiger partial charge in [-0.25, -0.2) is 14.4 Å². The van der Waals surface area contributed by atoms with Gasteiger partial charge in [-0.05, 0) is 44.5 Å². The first-order valence-electron chi connectivity index (χ1n) is 10.5. The summed E-state index contributed by atoms with van der Waals surface area (Å²) in [6, 6.07) is 6.16. The first kappa shape index (κ1) is 21.7. The van der Waals surface area contributed by atoms with E-state index in [0.29, 0.717) is 23.7 Å². The van der Waals surface area contributed by atoms with Gasteiger partial charge in [-0.1, -0.05) is 12.1 Å². The van der Waals surface area contributed by atoms with Crippen molar-refractivity contribution >= 4 is 33.4 Å². The molecule has 4 rings (SSSR count). The molecule has 0 bridgehead atoms. The first-order valence-corrected chi connectivity index (χ1v) is 11.3. The molecule has 1 aromatic carbocycles. The summed E-state index contributed by atoms with van der Waals surface area (Å²) in [6.45, 7) is 7.98. The Morgan fingerprint density at radius 2 is 2.10 bits per heavy atom. The molecule has 0 saturated carbocycles. The van der Waals surface area contributed by atoms with Crippen molar-refractivity contribution in [2.75, 3.05) is 38.2 Å². The van der Waals surface area contributed by atoms with E-state index in [2.05, 4.69) is 25.2 Å². The third kappa shape index (κ3) is 5.41. The van der Waals surface area contributed by atoms with Crippen LogP contribution in [-0.2, 0) is 4.74 Å². The lowest BCUT2D eigenvalue weighted by atomic mass is 10.1. The number of nitrogens with one attached hydrogen (secondary N) is 1. The van der Waals surface area contributed by atoms with E-state index in [1.807, 2.05) is 19.9 Å². The van der Waals surface area contributed by atoms with Crippen LogP contribution in [0.4, 0.5) is 10.3 Å². The minimum absolute atomic E-state index is 0.00855. The molecule has 0 spiro atoms.